The molecule has 1 fully saturated rings. The molecular weight excluding hydrogens is 308 g/mol. The lowest BCUT2D eigenvalue weighted by molar-refractivity contribution is -0.137. The SMILES string of the molecule is CCS(=O)(=O)N1CCC[C@@H](C(=O)NCCCCCC(=O)O)C1. The fourth-order valence-corrected chi connectivity index (χ4v) is 3.71. The molecule has 1 aliphatic rings. The van der Waals surface area contributed by atoms with Crippen LogP contribution in [-0.2, 0) is 19.6 Å². The molecule has 0 aromatic rings. The first-order chi connectivity index (χ1) is 10.4. The zero-order valence-corrected chi connectivity index (χ0v) is 13.9. The van der Waals surface area contributed by atoms with Crippen molar-refractivity contribution in [1.29, 1.82) is 0 Å². The Morgan fingerprint density at radius 3 is 2.64 bits per heavy atom. The maximum atomic E-state index is 12.1. The van der Waals surface area contributed by atoms with Crippen molar-refractivity contribution in [3.63, 3.8) is 0 Å². The number of carbonyl (C=O) groups is 2. The summed E-state index contributed by atoms with van der Waals surface area (Å²) < 4.78 is 25.1. The predicted molar refractivity (Wildman–Crippen MR) is 82.9 cm³/mol. The quantitative estimate of drug-likeness (QED) is 0.607. The van der Waals surface area contributed by atoms with E-state index < -0.39 is 16.0 Å². The molecule has 1 rings (SSSR count). The van der Waals surface area contributed by atoms with Gasteiger partial charge >= 0.3 is 5.97 Å². The molecule has 1 amide bonds. The summed E-state index contributed by atoms with van der Waals surface area (Å²) in [4.78, 5) is 22.4. The van der Waals surface area contributed by atoms with E-state index in [9.17, 15) is 18.0 Å². The van der Waals surface area contributed by atoms with E-state index in [4.69, 9.17) is 5.11 Å². The van der Waals surface area contributed by atoms with Gasteiger partial charge in [0.2, 0.25) is 15.9 Å². The first-order valence-corrected chi connectivity index (χ1v) is 9.45. The molecule has 1 aliphatic heterocycles. The standard InChI is InChI=1S/C14H26N2O5S/c1-2-22(20,21)16-10-6-7-12(11-16)14(19)15-9-5-3-4-8-13(17)18/h12H,2-11H2,1H3,(H,15,19)(H,17,18)/t12-/m1/s1. The van der Waals surface area contributed by atoms with Gasteiger partial charge in [-0.15, -0.1) is 0 Å². The van der Waals surface area contributed by atoms with Gasteiger partial charge in [-0.2, -0.15) is 0 Å². The summed E-state index contributed by atoms with van der Waals surface area (Å²) in [7, 11) is -3.23. The molecule has 1 atom stereocenters. The van der Waals surface area contributed by atoms with Crippen molar-refractivity contribution in [2.75, 3.05) is 25.4 Å². The van der Waals surface area contributed by atoms with Crippen molar-refractivity contribution in [3.05, 3.63) is 0 Å². The molecule has 8 heteroatoms. The Bertz CT molecular complexity index is 478. The van der Waals surface area contributed by atoms with Crippen LogP contribution >= 0.6 is 0 Å². The van der Waals surface area contributed by atoms with Crippen LogP contribution in [-0.4, -0.2) is 55.1 Å². The van der Waals surface area contributed by atoms with Crippen LogP contribution < -0.4 is 5.32 Å². The third-order valence-electron chi connectivity index (χ3n) is 3.88. The molecule has 0 aromatic carbocycles. The van der Waals surface area contributed by atoms with Gasteiger partial charge in [-0.25, -0.2) is 12.7 Å². The van der Waals surface area contributed by atoms with Gasteiger partial charge in [0.15, 0.2) is 0 Å². The fraction of sp³-hybridized carbons (Fsp3) is 0.857. The molecular formula is C14H26N2O5S. The molecule has 0 aliphatic carbocycles. The molecule has 0 radical (unpaired) electrons. The summed E-state index contributed by atoms with van der Waals surface area (Å²) in [6.07, 6.45) is 3.67. The number of nitrogens with one attached hydrogen (secondary N) is 1. The van der Waals surface area contributed by atoms with Gasteiger partial charge < -0.3 is 10.4 Å². The maximum absolute atomic E-state index is 12.1. The third kappa shape index (κ3) is 6.31. The van der Waals surface area contributed by atoms with E-state index in [1.807, 2.05) is 0 Å². The van der Waals surface area contributed by atoms with Gasteiger partial charge in [0.25, 0.3) is 0 Å². The number of nitrogens with zero attached hydrogens (tertiary/aromatic N) is 1. The Kier molecular flexibility index (Phi) is 7.81. The molecule has 0 aromatic heterocycles. The predicted octanol–water partition coefficient (Wildman–Crippen LogP) is 0.809. The number of hydrogen-bond donors (Lipinski definition) is 2. The lowest BCUT2D eigenvalue weighted by Gasteiger charge is -2.30. The van der Waals surface area contributed by atoms with E-state index in [-0.39, 0.29) is 30.5 Å². The number of rotatable bonds is 9. The van der Waals surface area contributed by atoms with Crippen LogP contribution in [0.4, 0.5) is 0 Å². The van der Waals surface area contributed by atoms with E-state index in [1.54, 1.807) is 6.92 Å². The molecule has 2 N–H and O–H groups in total. The second kappa shape index (κ2) is 9.09. The fourth-order valence-electron chi connectivity index (χ4n) is 2.53. The Morgan fingerprint density at radius 1 is 1.27 bits per heavy atom. The van der Waals surface area contributed by atoms with E-state index >= 15 is 0 Å². The second-order valence-corrected chi connectivity index (χ2v) is 7.85. The van der Waals surface area contributed by atoms with Crippen molar-refractivity contribution < 1.29 is 23.1 Å². The molecule has 22 heavy (non-hydrogen) atoms. The largest absolute Gasteiger partial charge is 0.481 e. The number of hydrogen-bond acceptors (Lipinski definition) is 4. The van der Waals surface area contributed by atoms with Crippen molar-refractivity contribution in [2.45, 2.75) is 45.4 Å². The van der Waals surface area contributed by atoms with Gasteiger partial charge in [0.05, 0.1) is 11.7 Å². The molecule has 0 bridgehead atoms. The highest BCUT2D eigenvalue weighted by Gasteiger charge is 2.31. The highest BCUT2D eigenvalue weighted by Crippen LogP contribution is 2.19. The average Bonchev–Trinajstić information content (AvgIpc) is 2.50. The number of carboxylic acid groups (broad SMARTS) is 1. The summed E-state index contributed by atoms with van der Waals surface area (Å²) in [5.74, 6) is -1.13. The van der Waals surface area contributed by atoms with E-state index in [1.165, 1.54) is 4.31 Å². The van der Waals surface area contributed by atoms with E-state index in [2.05, 4.69) is 5.32 Å². The monoisotopic (exact) mass is 334 g/mol. The molecule has 0 unspecified atom stereocenters. The van der Waals surface area contributed by atoms with Crippen LogP contribution in [0.25, 0.3) is 0 Å². The minimum Gasteiger partial charge on any atom is -0.481 e. The lowest BCUT2D eigenvalue weighted by atomic mass is 9.99. The highest BCUT2D eigenvalue weighted by atomic mass is 32.2. The van der Waals surface area contributed by atoms with Crippen LogP contribution in [0.2, 0.25) is 0 Å². The first kappa shape index (κ1) is 18.9. The van der Waals surface area contributed by atoms with E-state index in [0.717, 1.165) is 12.8 Å². The average molecular weight is 334 g/mol. The van der Waals surface area contributed by atoms with Gasteiger partial charge in [-0.05, 0) is 32.6 Å². The van der Waals surface area contributed by atoms with Crippen LogP contribution in [0.3, 0.4) is 0 Å². The van der Waals surface area contributed by atoms with Gasteiger partial charge in [-0.3, -0.25) is 9.59 Å². The summed E-state index contributed by atoms with van der Waals surface area (Å²) in [6.45, 7) is 2.88. The zero-order chi connectivity index (χ0) is 16.6. The molecule has 1 saturated heterocycles. The number of piperidine rings is 1. The molecule has 0 saturated carbocycles. The molecule has 0 spiro atoms. The number of carboxylic acids is 1. The zero-order valence-electron chi connectivity index (χ0n) is 13.1. The van der Waals surface area contributed by atoms with E-state index in [0.29, 0.717) is 32.4 Å². The van der Waals surface area contributed by atoms with Crippen molar-refractivity contribution in [2.24, 2.45) is 5.92 Å². The molecule has 128 valence electrons. The summed E-state index contributed by atoms with van der Waals surface area (Å²) >= 11 is 0. The van der Waals surface area contributed by atoms with Gasteiger partial charge in [-0.1, -0.05) is 6.42 Å². The molecule has 7 nitrogen and oxygen atoms in total. The van der Waals surface area contributed by atoms with Gasteiger partial charge in [0.1, 0.15) is 0 Å². The van der Waals surface area contributed by atoms with Crippen molar-refractivity contribution in [1.82, 2.24) is 9.62 Å². The number of unbranched alkanes of at least 4 members (excludes halogenated alkanes) is 2. The van der Waals surface area contributed by atoms with Crippen LogP contribution in [0.5, 0.6) is 0 Å². The summed E-state index contributed by atoms with van der Waals surface area (Å²) in [6, 6.07) is 0. The van der Waals surface area contributed by atoms with Crippen molar-refractivity contribution >= 4 is 21.9 Å². The van der Waals surface area contributed by atoms with Crippen molar-refractivity contribution in [3.8, 4) is 0 Å². The topological polar surface area (TPSA) is 104 Å². The Labute approximate surface area is 132 Å². The smallest absolute Gasteiger partial charge is 0.303 e. The summed E-state index contributed by atoms with van der Waals surface area (Å²) in [5, 5.41) is 11.3. The van der Waals surface area contributed by atoms with Crippen LogP contribution in [0, 0.1) is 5.92 Å². The Morgan fingerprint density at radius 2 is 2.00 bits per heavy atom. The number of aliphatic carboxylic acids is 1. The molecule has 1 heterocycles. The maximum Gasteiger partial charge on any atom is 0.303 e. The minimum atomic E-state index is -3.23. The second-order valence-electron chi connectivity index (χ2n) is 5.59. The number of amides is 1. The van der Waals surface area contributed by atoms with Gasteiger partial charge in [0, 0.05) is 26.1 Å². The number of carbonyl (C=O) groups excluding carboxylic acids is 1. The first-order valence-electron chi connectivity index (χ1n) is 7.84. The summed E-state index contributed by atoms with van der Waals surface area (Å²) in [5.41, 5.74) is 0. The number of sulfonamides is 1. The normalized spacial score (nSPS) is 19.8. The Balaban J connectivity index is 2.29. The lowest BCUT2D eigenvalue weighted by Crippen LogP contribution is -2.46. The van der Waals surface area contributed by atoms with Crippen LogP contribution in [0.15, 0.2) is 0 Å². The third-order valence-corrected chi connectivity index (χ3v) is 5.73. The Hall–Kier alpha value is -1.15. The van der Waals surface area contributed by atoms with Crippen LogP contribution in [0.1, 0.15) is 45.4 Å². The highest BCUT2D eigenvalue weighted by molar-refractivity contribution is 7.89. The minimum absolute atomic E-state index is 0.0604.